The molecule has 6 saturated heterocycles. The maximum atomic E-state index is 14.7. The normalized spacial score (nSPS) is 35.2. The topological polar surface area (TPSA) is 128 Å². The smallest absolute Gasteiger partial charge is 0.339 e. The zero-order chi connectivity index (χ0) is 30.7. The van der Waals surface area contributed by atoms with Crippen molar-refractivity contribution in [1.82, 2.24) is 0 Å². The van der Waals surface area contributed by atoms with Gasteiger partial charge in [-0.1, -0.05) is 36.4 Å². The SMILES string of the molecule is O=S(=O)([O-])c1ccc(OS(=O)(=O)c2c(C3CC4CCC3O4)cc(C3CC4CCC3O4)cc2C2CC3CCC2O3)c2ccccc12. The fourth-order valence-corrected chi connectivity index (χ4v) is 11.5. The minimum atomic E-state index is -4.80. The van der Waals surface area contributed by atoms with Gasteiger partial charge in [0.25, 0.3) is 0 Å². The van der Waals surface area contributed by atoms with Crippen molar-refractivity contribution in [2.45, 2.75) is 122 Å². The number of fused-ring (bicyclic) bond motifs is 7. The Labute approximate surface area is 263 Å². The van der Waals surface area contributed by atoms with Crippen LogP contribution in [0.15, 0.2) is 58.3 Å². The van der Waals surface area contributed by atoms with Gasteiger partial charge in [-0.05, 0) is 86.6 Å². The average molecular weight is 652 g/mol. The molecule has 238 valence electrons. The minimum Gasteiger partial charge on any atom is -0.744 e. The Kier molecular flexibility index (Phi) is 6.52. The van der Waals surface area contributed by atoms with Crippen molar-refractivity contribution >= 4 is 31.0 Å². The number of hydrogen-bond donors (Lipinski definition) is 0. The first kappa shape index (κ1) is 28.7. The summed E-state index contributed by atoms with van der Waals surface area (Å²) in [6, 6.07) is 12.9. The fourth-order valence-electron chi connectivity index (χ4n) is 9.37. The number of benzene rings is 3. The van der Waals surface area contributed by atoms with E-state index in [4.69, 9.17) is 18.4 Å². The number of hydrogen-bond acceptors (Lipinski definition) is 9. The Hall–Kier alpha value is -2.54. The maximum absolute atomic E-state index is 14.7. The van der Waals surface area contributed by atoms with Crippen molar-refractivity contribution < 1.29 is 39.8 Å². The number of ether oxygens (including phenoxy) is 3. The molecule has 0 saturated carbocycles. The van der Waals surface area contributed by atoms with Crippen LogP contribution >= 0.6 is 0 Å². The molecule has 6 aliphatic rings. The van der Waals surface area contributed by atoms with Gasteiger partial charge in [0.2, 0.25) is 0 Å². The summed E-state index contributed by atoms with van der Waals surface area (Å²) in [6.45, 7) is 0. The Morgan fingerprint density at radius 1 is 0.644 bits per heavy atom. The van der Waals surface area contributed by atoms with Gasteiger partial charge < -0.3 is 22.9 Å². The molecule has 6 fully saturated rings. The molecule has 45 heavy (non-hydrogen) atoms. The molecule has 6 aliphatic heterocycles. The summed E-state index contributed by atoms with van der Waals surface area (Å²) in [5.41, 5.74) is 2.64. The van der Waals surface area contributed by atoms with Crippen molar-refractivity contribution in [3.8, 4) is 5.75 Å². The third-order valence-corrected chi connectivity index (χ3v) is 13.5. The fraction of sp³-hybridized carbons (Fsp3) is 0.529. The highest BCUT2D eigenvalue weighted by molar-refractivity contribution is 7.87. The second-order valence-electron chi connectivity index (χ2n) is 13.8. The van der Waals surface area contributed by atoms with Crippen LogP contribution in [0.5, 0.6) is 5.75 Å². The van der Waals surface area contributed by atoms with Gasteiger partial charge >= 0.3 is 10.1 Å². The summed E-state index contributed by atoms with van der Waals surface area (Å²) < 4.78 is 90.4. The van der Waals surface area contributed by atoms with Crippen molar-refractivity contribution in [3.63, 3.8) is 0 Å². The Bertz CT molecular complexity index is 1870. The lowest BCUT2D eigenvalue weighted by molar-refractivity contribution is 0.0996. The molecular weight excluding hydrogens is 616 g/mol. The van der Waals surface area contributed by atoms with Gasteiger partial charge in [-0.25, -0.2) is 8.42 Å². The monoisotopic (exact) mass is 651 g/mol. The Morgan fingerprint density at radius 3 is 1.62 bits per heavy atom. The van der Waals surface area contributed by atoms with E-state index < -0.39 is 25.1 Å². The van der Waals surface area contributed by atoms with Crippen LogP contribution in [-0.4, -0.2) is 58.0 Å². The summed E-state index contributed by atoms with van der Waals surface area (Å²) in [5, 5.41) is 0.360. The van der Waals surface area contributed by atoms with Gasteiger partial charge in [0, 0.05) is 28.5 Å². The highest BCUT2D eigenvalue weighted by Gasteiger charge is 2.49. The number of rotatable bonds is 7. The summed E-state index contributed by atoms with van der Waals surface area (Å²) >= 11 is 0. The van der Waals surface area contributed by atoms with E-state index in [0.717, 1.165) is 80.5 Å². The van der Waals surface area contributed by atoms with Crippen molar-refractivity contribution in [2.75, 3.05) is 0 Å². The van der Waals surface area contributed by atoms with E-state index in [1.165, 1.54) is 12.1 Å². The Morgan fingerprint density at radius 2 is 1.16 bits per heavy atom. The van der Waals surface area contributed by atoms with Crippen molar-refractivity contribution in [2.24, 2.45) is 0 Å². The lowest BCUT2D eigenvalue weighted by atomic mass is 9.76. The molecule has 0 aliphatic carbocycles. The molecule has 9 nitrogen and oxygen atoms in total. The standard InChI is InChI=1S/C34H36O9S2/c35-44(36,37)33-12-11-32(22-3-1-2-4-23(22)33)43-45(38,39)34-27(25-16-20-6-9-30(25)41-20)13-18(24-15-19-5-8-29(24)40-19)14-28(34)26-17-21-7-10-31(26)42-21/h1-4,11-14,19-21,24-26,29-31H,5-10,15-17H2,(H,35,36,37)/p-1. The lowest BCUT2D eigenvalue weighted by Crippen LogP contribution is -2.26. The molecule has 0 amide bonds. The summed E-state index contributed by atoms with van der Waals surface area (Å²) in [6.07, 6.45) is 8.80. The summed E-state index contributed by atoms with van der Waals surface area (Å²) in [5.74, 6) is 0.0245. The van der Waals surface area contributed by atoms with Crippen LogP contribution < -0.4 is 4.18 Å². The first-order chi connectivity index (χ1) is 21.6. The predicted octanol–water partition coefficient (Wildman–Crippen LogP) is 5.62. The zero-order valence-corrected chi connectivity index (χ0v) is 26.3. The van der Waals surface area contributed by atoms with E-state index in [1.807, 2.05) is 0 Å². The molecule has 3 aromatic rings. The molecule has 11 heteroatoms. The van der Waals surface area contributed by atoms with Gasteiger partial charge in [-0.15, -0.1) is 0 Å². The molecule has 0 aromatic heterocycles. The average Bonchev–Trinajstić information content (AvgIpc) is 3.88. The van der Waals surface area contributed by atoms with E-state index in [2.05, 4.69) is 12.1 Å². The molecule has 6 bridgehead atoms. The maximum Gasteiger partial charge on any atom is 0.339 e. The van der Waals surface area contributed by atoms with Gasteiger partial charge in [0.1, 0.15) is 15.0 Å². The van der Waals surface area contributed by atoms with Crippen LogP contribution in [0.4, 0.5) is 0 Å². The molecule has 0 radical (unpaired) electrons. The van der Waals surface area contributed by atoms with Gasteiger partial charge in [-0.2, -0.15) is 8.42 Å². The first-order valence-corrected chi connectivity index (χ1v) is 19.0. The quantitative estimate of drug-likeness (QED) is 0.236. The summed E-state index contributed by atoms with van der Waals surface area (Å²) in [4.78, 5) is -0.220. The predicted molar refractivity (Wildman–Crippen MR) is 162 cm³/mol. The van der Waals surface area contributed by atoms with Crippen LogP contribution in [0.25, 0.3) is 10.8 Å². The van der Waals surface area contributed by atoms with E-state index in [0.29, 0.717) is 0 Å². The van der Waals surface area contributed by atoms with Crippen LogP contribution in [0.3, 0.4) is 0 Å². The molecule has 9 rings (SSSR count). The highest BCUT2D eigenvalue weighted by atomic mass is 32.2. The first-order valence-electron chi connectivity index (χ1n) is 16.2. The van der Waals surface area contributed by atoms with E-state index in [1.54, 1.807) is 18.2 Å². The van der Waals surface area contributed by atoms with E-state index in [-0.39, 0.29) is 75.8 Å². The zero-order valence-electron chi connectivity index (χ0n) is 24.7. The highest BCUT2D eigenvalue weighted by Crippen LogP contribution is 2.53. The van der Waals surface area contributed by atoms with Crippen LogP contribution in [0.1, 0.15) is 92.2 Å². The second kappa shape index (κ2) is 10.2. The van der Waals surface area contributed by atoms with E-state index in [9.17, 15) is 21.4 Å². The minimum absolute atomic E-state index is 0.0196. The van der Waals surface area contributed by atoms with Gasteiger partial charge in [0.15, 0.2) is 5.75 Å². The molecule has 9 atom stereocenters. The third kappa shape index (κ3) is 4.68. The molecule has 3 aromatic carbocycles. The van der Waals surface area contributed by atoms with Gasteiger partial charge in [0.05, 0.1) is 41.5 Å². The summed E-state index contributed by atoms with van der Waals surface area (Å²) in [7, 11) is -9.24. The van der Waals surface area contributed by atoms with Crippen LogP contribution in [0, 0.1) is 0 Å². The van der Waals surface area contributed by atoms with Crippen LogP contribution in [-0.2, 0) is 34.4 Å². The molecular formula is C34H35O9S2-. The van der Waals surface area contributed by atoms with Crippen molar-refractivity contribution in [1.29, 1.82) is 0 Å². The van der Waals surface area contributed by atoms with Crippen LogP contribution in [0.2, 0.25) is 0 Å². The second-order valence-corrected chi connectivity index (χ2v) is 16.6. The lowest BCUT2D eigenvalue weighted by Gasteiger charge is -2.30. The molecule has 9 unspecified atom stereocenters. The van der Waals surface area contributed by atoms with Gasteiger partial charge in [-0.3, -0.25) is 0 Å². The molecule has 6 heterocycles. The molecule has 0 spiro atoms. The Balaban J connectivity index is 1.22. The molecule has 0 N–H and O–H groups in total. The van der Waals surface area contributed by atoms with E-state index >= 15 is 0 Å². The largest absolute Gasteiger partial charge is 0.744 e. The van der Waals surface area contributed by atoms with Crippen molar-refractivity contribution in [3.05, 3.63) is 65.2 Å². The third-order valence-electron chi connectivity index (χ3n) is 11.3.